The Balaban J connectivity index is 0.000000162. The second-order valence-corrected chi connectivity index (χ2v) is 38.7. The van der Waals surface area contributed by atoms with Gasteiger partial charge in [-0.2, -0.15) is 0 Å². The standard InChI is InChI=1S/2C23H27ClN4O2.C22H23ClN4O2.C21H22Cl2N4O2.C21H23ClN4O2/c1-14(2)10-26-22-9-19(15(3)11-27-22)17-8-20(25-12-17)23(30)28-21(13-29)16-5-4-6-18(24)7-16;1-4-15(3)27-22-10-19(14(2)11-26-22)17-9-20(25-12-17)23(30)28-21(13-29)16-6-5-7-18(24)8-16;1-13-10-25-21(26-17-5-6-17)9-18(13)15-8-19(24-11-15)22(29)27-20(12-28)14-3-2-4-16(23)7-14;1-12(2)26-20-8-16(17(23)10-25-20)14-7-18(24-9-14)21(29)27-19(11-28)13-4-3-5-15(22)6-13;1-13(2)25-20-9-16(17(22)11-24-20)15-8-18(23-10-15)21(28)26-19(12-27)14-6-4-3-5-7-14/h4-9,11-12,14,21,25,29H,10,13H2,1-3H3,(H,26,27)(H,28,30);5-12,15,21,25,29H,4,13H2,1-3H3,(H,26,27)(H,28,30);2-4,7-11,17,20,24,28H,5-6,12H2,1H3,(H,25,26)(H,27,29);3-10,12,19,24,28H,11H2,1-2H3,(H,25,26)(H,27,29);3-11,13,19,23,27H,12H2,1-2H3,(H,24,25)(H,26,28)/t21-;15-,21+;20-;2*19-/m10111/s1. The lowest BCUT2D eigenvalue weighted by molar-refractivity contribution is 0.0905. The van der Waals surface area contributed by atoms with E-state index in [-0.39, 0.29) is 74.7 Å². The normalized spacial score (nSPS) is 12.7. The summed E-state index contributed by atoms with van der Waals surface area (Å²) in [6.45, 7) is 22.3. The van der Waals surface area contributed by atoms with Gasteiger partial charge in [0.05, 0.1) is 73.3 Å². The van der Waals surface area contributed by atoms with Gasteiger partial charge in [-0.25, -0.2) is 24.9 Å². The molecular weight excluding hydrogens is 1970 g/mol. The second kappa shape index (κ2) is 53.8. The predicted octanol–water partition coefficient (Wildman–Crippen LogP) is 22.0. The fourth-order valence-corrected chi connectivity index (χ4v) is 16.5. The number of hydrogen-bond donors (Lipinski definition) is 20. The van der Waals surface area contributed by atoms with Crippen molar-refractivity contribution in [1.29, 1.82) is 0 Å². The van der Waals surface area contributed by atoms with Crippen molar-refractivity contribution in [3.63, 3.8) is 0 Å². The maximum absolute atomic E-state index is 12.7. The first-order chi connectivity index (χ1) is 70.1. The Kier molecular flexibility index (Phi) is 40.9. The number of pyridine rings is 5. The van der Waals surface area contributed by atoms with E-state index in [2.05, 4.69) is 131 Å². The van der Waals surface area contributed by atoms with Crippen molar-refractivity contribution in [3.8, 4) is 55.6 Å². The Bertz CT molecular complexity index is 6730. The number of nitrogens with zero attached hydrogens (tertiary/aromatic N) is 5. The molecule has 20 N–H and O–H groups in total. The van der Waals surface area contributed by atoms with Gasteiger partial charge in [-0.1, -0.05) is 169 Å². The molecule has 1 fully saturated rings. The number of halogens is 6. The molecule has 0 saturated heterocycles. The largest absolute Gasteiger partial charge is 0.394 e. The Hall–Kier alpha value is -13.9. The van der Waals surface area contributed by atoms with Crippen LogP contribution in [0.4, 0.5) is 29.1 Å². The SMILES string of the molecule is CC(C)Nc1cc(-c2c[nH]c(C(=O)N[C@H](CO)c3cccc(Cl)c3)c2)c(Cl)cn1.CC(C)Nc1cc(-c2c[nH]c(C(=O)N[C@H](CO)c3ccccc3)c2)c(Cl)cn1.CC[C@H](C)Nc1cc(-c2c[nH]c(C(=O)N[C@H](CO)c3cccc(Cl)c3)c2)c(C)cn1.Cc1cnc(NC2CC2)cc1-c1c[nH]c(C(=O)N[C@H](CO)c2cccc(Cl)c2)c1.Cc1cnc(NCC(C)C)cc1-c1c[nH]c(C(=O)N[C@H](CO)c2cccc(Cl)c2)c1. The molecule has 0 unspecified atom stereocenters. The number of aromatic nitrogens is 10. The van der Waals surface area contributed by atoms with Crippen LogP contribution in [0.3, 0.4) is 0 Å². The van der Waals surface area contributed by atoms with Crippen molar-refractivity contribution in [2.24, 2.45) is 5.92 Å². The molecule has 0 bridgehead atoms. The summed E-state index contributed by atoms with van der Waals surface area (Å²) in [4.78, 5) is 100. The molecule has 1 aliphatic rings. The molecular formula is C110H122Cl6N20O10. The van der Waals surface area contributed by atoms with Gasteiger partial charge in [0.15, 0.2) is 0 Å². The Morgan fingerprint density at radius 3 is 0.911 bits per heavy atom. The summed E-state index contributed by atoms with van der Waals surface area (Å²) in [5.41, 5.74) is 17.7. The first-order valence-corrected chi connectivity index (χ1v) is 50.0. The number of rotatable bonds is 37. The van der Waals surface area contributed by atoms with Crippen LogP contribution in [0.25, 0.3) is 55.6 Å². The summed E-state index contributed by atoms with van der Waals surface area (Å²) < 4.78 is 0. The third kappa shape index (κ3) is 32.1. The van der Waals surface area contributed by atoms with Gasteiger partial charge >= 0.3 is 0 Å². The second-order valence-electron chi connectivity index (χ2n) is 36.2. The molecule has 5 aromatic carbocycles. The van der Waals surface area contributed by atoms with Gasteiger partial charge in [-0.3, -0.25) is 24.0 Å². The highest BCUT2D eigenvalue weighted by atomic mass is 35.5. The number of carbonyl (C=O) groups excluding carboxylic acids is 5. The summed E-state index contributed by atoms with van der Waals surface area (Å²) in [5.74, 6) is 2.84. The van der Waals surface area contributed by atoms with E-state index in [1.165, 1.54) is 12.8 Å². The molecule has 30 nitrogen and oxygen atoms in total. The number of aromatic amines is 5. The number of hydrogen-bond acceptors (Lipinski definition) is 20. The lowest BCUT2D eigenvalue weighted by Crippen LogP contribution is -2.31. The third-order valence-electron chi connectivity index (χ3n) is 23.4. The van der Waals surface area contributed by atoms with E-state index >= 15 is 0 Å². The number of aliphatic hydroxyl groups excluding tert-OH is 5. The molecule has 36 heteroatoms. The monoisotopic (exact) mass is 2090 g/mol. The number of anilines is 5. The Morgan fingerprint density at radius 1 is 0.336 bits per heavy atom. The fourth-order valence-electron chi connectivity index (χ4n) is 15.3. The van der Waals surface area contributed by atoms with Crippen LogP contribution >= 0.6 is 69.6 Å². The Labute approximate surface area is 878 Å². The minimum Gasteiger partial charge on any atom is -0.394 e. The third-order valence-corrected chi connectivity index (χ3v) is 24.9. The highest BCUT2D eigenvalue weighted by molar-refractivity contribution is 6.34. The number of nitrogens with one attached hydrogen (secondary N) is 15. The molecule has 1 saturated carbocycles. The van der Waals surface area contributed by atoms with E-state index < -0.39 is 30.2 Å². The fraction of sp³-hybridized carbons (Fsp3) is 0.273. The van der Waals surface area contributed by atoms with Crippen molar-refractivity contribution < 1.29 is 49.5 Å². The zero-order valence-electron chi connectivity index (χ0n) is 82.6. The van der Waals surface area contributed by atoms with E-state index in [4.69, 9.17) is 69.6 Å². The van der Waals surface area contributed by atoms with Crippen LogP contribution in [-0.2, 0) is 0 Å². The maximum atomic E-state index is 12.7. The van der Waals surface area contributed by atoms with Gasteiger partial charge in [-0.15, -0.1) is 0 Å². The number of aryl methyl sites for hydroxylation is 3. The zero-order chi connectivity index (χ0) is 105. The molecule has 1 aliphatic carbocycles. The van der Waals surface area contributed by atoms with Gasteiger partial charge < -0.3 is 104 Å². The lowest BCUT2D eigenvalue weighted by atomic mass is 10.0. The lowest BCUT2D eigenvalue weighted by Gasteiger charge is -2.16. The van der Waals surface area contributed by atoms with E-state index in [1.807, 2.05) is 158 Å². The van der Waals surface area contributed by atoms with Crippen LogP contribution in [0.1, 0.15) is 202 Å². The van der Waals surface area contributed by atoms with Gasteiger partial charge in [0, 0.05) is 152 Å². The van der Waals surface area contributed by atoms with E-state index in [0.717, 1.165) is 131 Å². The molecule has 5 amide bonds. The van der Waals surface area contributed by atoms with Crippen molar-refractivity contribution in [1.82, 2.24) is 76.4 Å². The van der Waals surface area contributed by atoms with E-state index in [0.29, 0.717) is 88.2 Å². The number of amides is 5. The van der Waals surface area contributed by atoms with Gasteiger partial charge in [0.1, 0.15) is 57.6 Å². The highest BCUT2D eigenvalue weighted by Crippen LogP contribution is 2.37. The molecule has 764 valence electrons. The number of H-pyrrole nitrogens is 5. The van der Waals surface area contributed by atoms with Crippen LogP contribution in [0.15, 0.2) is 250 Å². The van der Waals surface area contributed by atoms with E-state index in [1.54, 1.807) is 140 Å². The number of aliphatic hydroxyl groups is 5. The first-order valence-electron chi connectivity index (χ1n) is 47.8. The average Bonchev–Trinajstić information content (AvgIpc) is 1.68. The minimum absolute atomic E-state index is 0.191. The van der Waals surface area contributed by atoms with Crippen molar-refractivity contribution in [2.75, 3.05) is 66.2 Å². The Morgan fingerprint density at radius 2 is 0.610 bits per heavy atom. The highest BCUT2D eigenvalue weighted by Gasteiger charge is 2.27. The minimum atomic E-state index is -0.570. The van der Waals surface area contributed by atoms with Crippen molar-refractivity contribution >= 4 is 128 Å². The average molecular weight is 2100 g/mol. The first kappa shape index (κ1) is 111. The van der Waals surface area contributed by atoms with Crippen LogP contribution < -0.4 is 53.2 Å². The molecule has 16 rings (SSSR count). The smallest absolute Gasteiger partial charge is 0.268 e. The predicted molar refractivity (Wildman–Crippen MR) is 584 cm³/mol. The summed E-state index contributed by atoms with van der Waals surface area (Å²) in [5, 5.41) is 82.4. The van der Waals surface area contributed by atoms with Crippen LogP contribution in [0, 0.1) is 26.7 Å². The van der Waals surface area contributed by atoms with Crippen LogP contribution in [0.5, 0.6) is 0 Å². The van der Waals surface area contributed by atoms with Gasteiger partial charge in [0.2, 0.25) is 0 Å². The molecule has 10 heterocycles. The summed E-state index contributed by atoms with van der Waals surface area (Å²) >= 11 is 36.7. The van der Waals surface area contributed by atoms with Crippen molar-refractivity contribution in [2.45, 2.75) is 150 Å². The summed E-state index contributed by atoms with van der Waals surface area (Å²) in [6.07, 6.45) is 20.9. The summed E-state index contributed by atoms with van der Waals surface area (Å²) in [6, 6.07) is 54.8. The van der Waals surface area contributed by atoms with Crippen molar-refractivity contribution in [3.05, 3.63) is 353 Å². The zero-order valence-corrected chi connectivity index (χ0v) is 87.1. The molecule has 0 spiro atoms. The summed E-state index contributed by atoms with van der Waals surface area (Å²) in [7, 11) is 0. The quantitative estimate of drug-likeness (QED) is 0.0172. The molecule has 10 aromatic heterocycles. The molecule has 146 heavy (non-hydrogen) atoms. The molecule has 15 aromatic rings. The maximum Gasteiger partial charge on any atom is 0.268 e. The molecule has 6 atom stereocenters. The molecule has 0 aliphatic heterocycles. The van der Waals surface area contributed by atoms with Crippen LogP contribution in [0.2, 0.25) is 30.1 Å². The topological polar surface area (TPSA) is 450 Å². The van der Waals surface area contributed by atoms with Gasteiger partial charge in [0.25, 0.3) is 29.5 Å². The van der Waals surface area contributed by atoms with Crippen LogP contribution in [-0.4, -0.2) is 169 Å². The van der Waals surface area contributed by atoms with Gasteiger partial charge in [-0.05, 0) is 251 Å². The number of carbonyl (C=O) groups is 5. The molecule has 0 radical (unpaired) electrons. The number of benzene rings is 5. The van der Waals surface area contributed by atoms with E-state index in [9.17, 15) is 49.5 Å².